The first-order chi connectivity index (χ1) is 17.4. The van der Waals surface area contributed by atoms with Gasteiger partial charge in [0.15, 0.2) is 5.76 Å². The Kier molecular flexibility index (Phi) is 8.07. The number of ether oxygens (including phenoxy) is 1. The summed E-state index contributed by atoms with van der Waals surface area (Å²) in [5.41, 5.74) is 2.58. The number of nitrogens with zero attached hydrogens (tertiary/aromatic N) is 1. The van der Waals surface area contributed by atoms with E-state index in [0.29, 0.717) is 22.1 Å². The number of amides is 1. The molecule has 1 heterocycles. The molecular formula is C28H26N2O5S. The van der Waals surface area contributed by atoms with Crippen LogP contribution in [0.3, 0.4) is 0 Å². The molecular weight excluding hydrogens is 476 g/mol. The molecule has 0 spiro atoms. The number of aryl methyl sites for hydroxylation is 2. The van der Waals surface area contributed by atoms with Gasteiger partial charge in [-0.05, 0) is 61.4 Å². The van der Waals surface area contributed by atoms with Crippen molar-refractivity contribution in [3.63, 3.8) is 0 Å². The van der Waals surface area contributed by atoms with Crippen LogP contribution in [0.5, 0.6) is 5.75 Å². The fourth-order valence-electron chi connectivity index (χ4n) is 3.53. The lowest BCUT2D eigenvalue weighted by Gasteiger charge is -2.08. The van der Waals surface area contributed by atoms with Gasteiger partial charge in [0.25, 0.3) is 11.6 Å². The topological polar surface area (TPSA) is 94.6 Å². The average molecular weight is 503 g/mol. The summed E-state index contributed by atoms with van der Waals surface area (Å²) < 4.78 is 11.4. The lowest BCUT2D eigenvalue weighted by Crippen LogP contribution is -2.11. The smallest absolute Gasteiger partial charge is 0.291 e. The Morgan fingerprint density at radius 1 is 1.00 bits per heavy atom. The second kappa shape index (κ2) is 11.6. The van der Waals surface area contributed by atoms with Gasteiger partial charge in [-0.25, -0.2) is 0 Å². The number of carbonyl (C=O) groups excluding carboxylic acids is 1. The van der Waals surface area contributed by atoms with E-state index < -0.39 is 10.8 Å². The van der Waals surface area contributed by atoms with Crippen LogP contribution < -0.4 is 10.1 Å². The Balaban J connectivity index is 1.42. The fraction of sp³-hybridized carbons (Fsp3) is 0.179. The minimum absolute atomic E-state index is 0.0890. The molecule has 7 nitrogen and oxygen atoms in total. The minimum atomic E-state index is -0.503. The Morgan fingerprint density at radius 3 is 2.44 bits per heavy atom. The van der Waals surface area contributed by atoms with Gasteiger partial charge in [-0.2, -0.15) is 0 Å². The van der Waals surface area contributed by atoms with Crippen molar-refractivity contribution < 1.29 is 18.9 Å². The molecule has 0 aliphatic carbocycles. The number of anilines is 1. The molecule has 0 atom stereocenters. The molecule has 8 heteroatoms. The van der Waals surface area contributed by atoms with Gasteiger partial charge in [0.1, 0.15) is 18.1 Å². The van der Waals surface area contributed by atoms with Crippen LogP contribution in [0.2, 0.25) is 0 Å². The summed E-state index contributed by atoms with van der Waals surface area (Å²) in [4.78, 5) is 25.3. The highest BCUT2D eigenvalue weighted by atomic mass is 32.2. The summed E-state index contributed by atoms with van der Waals surface area (Å²) in [6.07, 6.45) is 2.11. The standard InChI is InChI=1S/C28H26N2O5S/c1-3-4-20-7-9-23(10-8-20)34-18-24-11-14-27(35-24)28(31)29-21-15-22(30(32)33)17-26(16-21)36-25-12-5-19(2)6-13-25/h5-17H,3-4,18H2,1-2H3,(H,29,31). The number of rotatable bonds is 10. The summed E-state index contributed by atoms with van der Waals surface area (Å²) in [7, 11) is 0. The molecule has 0 bridgehead atoms. The lowest BCUT2D eigenvalue weighted by molar-refractivity contribution is -0.385. The molecule has 0 saturated heterocycles. The third kappa shape index (κ3) is 6.76. The molecule has 0 unspecified atom stereocenters. The van der Waals surface area contributed by atoms with Gasteiger partial charge in [0.05, 0.1) is 4.92 Å². The average Bonchev–Trinajstić information content (AvgIpc) is 3.34. The molecule has 1 amide bonds. The number of hydrogen-bond acceptors (Lipinski definition) is 6. The van der Waals surface area contributed by atoms with E-state index >= 15 is 0 Å². The quantitative estimate of drug-likeness (QED) is 0.179. The number of carbonyl (C=O) groups is 1. The normalized spacial score (nSPS) is 10.7. The van der Waals surface area contributed by atoms with Crippen molar-refractivity contribution in [1.82, 2.24) is 0 Å². The van der Waals surface area contributed by atoms with Crippen molar-refractivity contribution in [3.05, 3.63) is 112 Å². The van der Waals surface area contributed by atoms with E-state index in [1.165, 1.54) is 29.5 Å². The molecule has 3 aromatic carbocycles. The molecule has 4 rings (SSSR count). The van der Waals surface area contributed by atoms with Gasteiger partial charge >= 0.3 is 0 Å². The van der Waals surface area contributed by atoms with Crippen LogP contribution in [-0.2, 0) is 13.0 Å². The molecule has 184 valence electrons. The van der Waals surface area contributed by atoms with Crippen LogP contribution >= 0.6 is 11.8 Å². The molecule has 0 radical (unpaired) electrons. The predicted octanol–water partition coefficient (Wildman–Crippen LogP) is 7.43. The highest BCUT2D eigenvalue weighted by Gasteiger charge is 2.16. The second-order valence-electron chi connectivity index (χ2n) is 8.29. The number of nitro benzene ring substituents is 1. The van der Waals surface area contributed by atoms with Crippen molar-refractivity contribution in [2.45, 2.75) is 43.1 Å². The third-order valence-corrected chi connectivity index (χ3v) is 6.32. The van der Waals surface area contributed by atoms with Crippen molar-refractivity contribution in [2.75, 3.05) is 5.32 Å². The maximum absolute atomic E-state index is 12.8. The van der Waals surface area contributed by atoms with E-state index in [1.54, 1.807) is 18.2 Å². The number of furan rings is 1. The van der Waals surface area contributed by atoms with Crippen LogP contribution in [0.4, 0.5) is 11.4 Å². The largest absolute Gasteiger partial charge is 0.486 e. The molecule has 1 N–H and O–H groups in total. The molecule has 0 aliphatic rings. The van der Waals surface area contributed by atoms with E-state index in [2.05, 4.69) is 12.2 Å². The number of nitrogens with one attached hydrogen (secondary N) is 1. The van der Waals surface area contributed by atoms with Crippen molar-refractivity contribution in [3.8, 4) is 5.75 Å². The van der Waals surface area contributed by atoms with Gasteiger partial charge in [0.2, 0.25) is 0 Å². The Labute approximate surface area is 213 Å². The first kappa shape index (κ1) is 25.1. The number of non-ortho nitro benzene ring substituents is 1. The predicted molar refractivity (Wildman–Crippen MR) is 140 cm³/mol. The minimum Gasteiger partial charge on any atom is -0.486 e. The summed E-state index contributed by atoms with van der Waals surface area (Å²) in [5, 5.41) is 14.2. The monoisotopic (exact) mass is 502 g/mol. The van der Waals surface area contributed by atoms with Crippen LogP contribution in [0, 0.1) is 17.0 Å². The van der Waals surface area contributed by atoms with Crippen LogP contribution in [0.1, 0.15) is 40.8 Å². The zero-order valence-electron chi connectivity index (χ0n) is 20.0. The Morgan fingerprint density at radius 2 is 1.75 bits per heavy atom. The van der Waals surface area contributed by atoms with E-state index in [4.69, 9.17) is 9.15 Å². The SMILES string of the molecule is CCCc1ccc(OCc2ccc(C(=O)Nc3cc(Sc4ccc(C)cc4)cc([N+](=O)[O-])c3)o2)cc1. The maximum atomic E-state index is 12.8. The molecule has 36 heavy (non-hydrogen) atoms. The van der Waals surface area contributed by atoms with Gasteiger partial charge < -0.3 is 14.5 Å². The molecule has 0 saturated carbocycles. The summed E-state index contributed by atoms with van der Waals surface area (Å²) >= 11 is 1.38. The highest BCUT2D eigenvalue weighted by molar-refractivity contribution is 7.99. The first-order valence-electron chi connectivity index (χ1n) is 11.6. The third-order valence-electron chi connectivity index (χ3n) is 5.35. The lowest BCUT2D eigenvalue weighted by atomic mass is 10.1. The van der Waals surface area contributed by atoms with Crippen LogP contribution in [-0.4, -0.2) is 10.8 Å². The van der Waals surface area contributed by atoms with Gasteiger partial charge in [0, 0.05) is 27.6 Å². The van der Waals surface area contributed by atoms with E-state index in [-0.39, 0.29) is 18.1 Å². The number of nitro groups is 1. The molecule has 0 aliphatic heterocycles. The molecule has 1 aromatic heterocycles. The van der Waals surface area contributed by atoms with Crippen LogP contribution in [0.15, 0.2) is 93.1 Å². The number of hydrogen-bond donors (Lipinski definition) is 1. The van der Waals surface area contributed by atoms with Crippen molar-refractivity contribution >= 4 is 29.0 Å². The highest BCUT2D eigenvalue weighted by Crippen LogP contribution is 2.33. The zero-order chi connectivity index (χ0) is 25.5. The van der Waals surface area contributed by atoms with Crippen molar-refractivity contribution in [2.24, 2.45) is 0 Å². The zero-order valence-corrected chi connectivity index (χ0v) is 20.8. The number of benzene rings is 3. The van der Waals surface area contributed by atoms with E-state index in [0.717, 1.165) is 23.3 Å². The van der Waals surface area contributed by atoms with Gasteiger partial charge in [-0.15, -0.1) is 0 Å². The van der Waals surface area contributed by atoms with E-state index in [1.807, 2.05) is 55.5 Å². The Hall–Kier alpha value is -4.04. The second-order valence-corrected chi connectivity index (χ2v) is 9.44. The van der Waals surface area contributed by atoms with Gasteiger partial charge in [-0.3, -0.25) is 14.9 Å². The Bertz CT molecular complexity index is 1350. The fourth-order valence-corrected chi connectivity index (χ4v) is 4.44. The summed E-state index contributed by atoms with van der Waals surface area (Å²) in [5.74, 6) is 0.794. The first-order valence-corrected chi connectivity index (χ1v) is 12.4. The summed E-state index contributed by atoms with van der Waals surface area (Å²) in [6.45, 7) is 4.30. The maximum Gasteiger partial charge on any atom is 0.291 e. The van der Waals surface area contributed by atoms with Crippen LogP contribution in [0.25, 0.3) is 0 Å². The molecule has 0 fully saturated rings. The van der Waals surface area contributed by atoms with E-state index in [9.17, 15) is 14.9 Å². The molecule has 4 aromatic rings. The summed E-state index contributed by atoms with van der Waals surface area (Å²) in [6, 6.07) is 23.5. The van der Waals surface area contributed by atoms with Gasteiger partial charge in [-0.1, -0.05) is 54.9 Å². The van der Waals surface area contributed by atoms with Crippen molar-refractivity contribution in [1.29, 1.82) is 0 Å².